The molecule has 1 atom stereocenters. The minimum Gasteiger partial charge on any atom is -0.377 e. The Bertz CT molecular complexity index is 204. The molecule has 2 aliphatic heterocycles. The molecule has 0 aromatic carbocycles. The zero-order valence-corrected chi connectivity index (χ0v) is 7.95. The molecule has 0 saturated carbocycles. The smallest absolute Gasteiger partial charge is 0.228 e. The number of nitrogens with zero attached hydrogens (tertiary/aromatic N) is 1. The Balaban J connectivity index is 1.93. The summed E-state index contributed by atoms with van der Waals surface area (Å²) in [5.41, 5.74) is 0. The van der Waals surface area contributed by atoms with Gasteiger partial charge in [-0.3, -0.25) is 4.79 Å². The van der Waals surface area contributed by atoms with Gasteiger partial charge in [-0.25, -0.2) is 0 Å². The predicted octanol–water partition coefficient (Wildman–Crippen LogP) is -0.547. The molecule has 1 amide bonds. The van der Waals surface area contributed by atoms with E-state index in [1.54, 1.807) is 0 Å². The van der Waals surface area contributed by atoms with Crippen LogP contribution in [0.2, 0.25) is 0 Å². The molecule has 2 rings (SSSR count). The highest BCUT2D eigenvalue weighted by Gasteiger charge is 2.32. The maximum absolute atomic E-state index is 11.8. The highest BCUT2D eigenvalue weighted by molar-refractivity contribution is 5.80. The summed E-state index contributed by atoms with van der Waals surface area (Å²) in [5.74, 6) is 0.523. The van der Waals surface area contributed by atoms with Gasteiger partial charge in [0.1, 0.15) is 0 Å². The van der Waals surface area contributed by atoms with Gasteiger partial charge < -0.3 is 15.0 Å². The van der Waals surface area contributed by atoms with Gasteiger partial charge in [0.2, 0.25) is 5.91 Å². The van der Waals surface area contributed by atoms with Crippen LogP contribution in [0.15, 0.2) is 0 Å². The van der Waals surface area contributed by atoms with Crippen LogP contribution in [0.4, 0.5) is 0 Å². The molecule has 0 radical (unpaired) electrons. The van der Waals surface area contributed by atoms with Gasteiger partial charge in [0.05, 0.1) is 25.2 Å². The van der Waals surface area contributed by atoms with Crippen LogP contribution in [0.1, 0.15) is 6.92 Å². The summed E-state index contributed by atoms with van der Waals surface area (Å²) in [7, 11) is 0. The third-order valence-corrected chi connectivity index (χ3v) is 2.78. The summed E-state index contributed by atoms with van der Waals surface area (Å²) in [4.78, 5) is 13.8. The van der Waals surface area contributed by atoms with Crippen LogP contribution in [0.5, 0.6) is 0 Å². The first-order valence-corrected chi connectivity index (χ1v) is 4.88. The van der Waals surface area contributed by atoms with Gasteiger partial charge in [0, 0.05) is 19.6 Å². The minimum atomic E-state index is 0.223. The number of morpholine rings is 1. The maximum atomic E-state index is 11.8. The van der Waals surface area contributed by atoms with Crippen LogP contribution in [-0.4, -0.2) is 49.7 Å². The zero-order valence-electron chi connectivity index (χ0n) is 7.95. The molecule has 0 aromatic heterocycles. The first-order valence-electron chi connectivity index (χ1n) is 4.88. The Labute approximate surface area is 78.2 Å². The molecule has 0 unspecified atom stereocenters. The van der Waals surface area contributed by atoms with Gasteiger partial charge in [0.15, 0.2) is 0 Å². The van der Waals surface area contributed by atoms with E-state index in [0.717, 1.165) is 19.6 Å². The standard InChI is InChI=1S/C9H16N2O2/c1-7-6-13-3-2-11(7)9(12)8-4-10-5-8/h7-8,10H,2-6H2,1H3/t7-/m1/s1. The van der Waals surface area contributed by atoms with Crippen molar-refractivity contribution in [2.45, 2.75) is 13.0 Å². The highest BCUT2D eigenvalue weighted by Crippen LogP contribution is 2.13. The Morgan fingerprint density at radius 1 is 1.54 bits per heavy atom. The summed E-state index contributed by atoms with van der Waals surface area (Å²) < 4.78 is 5.28. The first kappa shape index (κ1) is 8.97. The molecule has 0 aliphatic carbocycles. The van der Waals surface area contributed by atoms with E-state index in [0.29, 0.717) is 19.1 Å². The van der Waals surface area contributed by atoms with E-state index in [-0.39, 0.29) is 12.0 Å². The maximum Gasteiger partial charge on any atom is 0.228 e. The number of nitrogens with one attached hydrogen (secondary N) is 1. The molecular formula is C9H16N2O2. The quantitative estimate of drug-likeness (QED) is 0.594. The monoisotopic (exact) mass is 184 g/mol. The fourth-order valence-electron chi connectivity index (χ4n) is 1.75. The minimum absolute atomic E-state index is 0.223. The van der Waals surface area contributed by atoms with E-state index in [4.69, 9.17) is 4.74 Å². The van der Waals surface area contributed by atoms with Gasteiger partial charge in [-0.2, -0.15) is 0 Å². The number of hydrogen-bond acceptors (Lipinski definition) is 3. The molecule has 2 saturated heterocycles. The molecule has 0 spiro atoms. The van der Waals surface area contributed by atoms with Gasteiger partial charge in [-0.05, 0) is 6.92 Å². The third-order valence-electron chi connectivity index (χ3n) is 2.78. The number of hydrogen-bond donors (Lipinski definition) is 1. The molecule has 0 bridgehead atoms. The summed E-state index contributed by atoms with van der Waals surface area (Å²) in [6.07, 6.45) is 0. The van der Waals surface area contributed by atoms with Crippen molar-refractivity contribution in [3.8, 4) is 0 Å². The Morgan fingerprint density at radius 2 is 2.31 bits per heavy atom. The van der Waals surface area contributed by atoms with E-state index < -0.39 is 0 Å². The van der Waals surface area contributed by atoms with Crippen molar-refractivity contribution in [1.82, 2.24) is 10.2 Å². The van der Waals surface area contributed by atoms with Crippen molar-refractivity contribution in [2.75, 3.05) is 32.8 Å². The van der Waals surface area contributed by atoms with Gasteiger partial charge in [0.25, 0.3) is 0 Å². The van der Waals surface area contributed by atoms with E-state index in [2.05, 4.69) is 5.32 Å². The largest absolute Gasteiger partial charge is 0.377 e. The van der Waals surface area contributed by atoms with Crippen molar-refractivity contribution >= 4 is 5.91 Å². The summed E-state index contributed by atoms with van der Waals surface area (Å²) in [6.45, 7) is 5.88. The average Bonchev–Trinajstić information content (AvgIpc) is 2.01. The van der Waals surface area contributed by atoms with Crippen molar-refractivity contribution in [2.24, 2.45) is 5.92 Å². The normalized spacial score (nSPS) is 29.9. The Hall–Kier alpha value is -0.610. The second-order valence-electron chi connectivity index (χ2n) is 3.81. The lowest BCUT2D eigenvalue weighted by molar-refractivity contribution is -0.145. The lowest BCUT2D eigenvalue weighted by atomic mass is 10.0. The molecule has 1 N–H and O–H groups in total. The fourth-order valence-corrected chi connectivity index (χ4v) is 1.75. The number of amides is 1. The van der Waals surface area contributed by atoms with Crippen LogP contribution in [0.25, 0.3) is 0 Å². The third kappa shape index (κ3) is 1.69. The topological polar surface area (TPSA) is 41.6 Å². The van der Waals surface area contributed by atoms with Crippen molar-refractivity contribution in [3.63, 3.8) is 0 Å². The van der Waals surface area contributed by atoms with E-state index in [1.807, 2.05) is 11.8 Å². The van der Waals surface area contributed by atoms with Crippen molar-refractivity contribution < 1.29 is 9.53 Å². The van der Waals surface area contributed by atoms with Crippen LogP contribution in [0.3, 0.4) is 0 Å². The van der Waals surface area contributed by atoms with Crippen LogP contribution in [-0.2, 0) is 9.53 Å². The summed E-state index contributed by atoms with van der Waals surface area (Å²) in [5, 5.41) is 3.12. The van der Waals surface area contributed by atoms with Crippen molar-refractivity contribution in [3.05, 3.63) is 0 Å². The molecule has 2 fully saturated rings. The number of carbonyl (C=O) groups is 1. The van der Waals surface area contributed by atoms with E-state index in [9.17, 15) is 4.79 Å². The second kappa shape index (κ2) is 3.64. The van der Waals surface area contributed by atoms with Gasteiger partial charge in [-0.1, -0.05) is 0 Å². The molecule has 74 valence electrons. The van der Waals surface area contributed by atoms with Gasteiger partial charge >= 0.3 is 0 Å². The molecular weight excluding hydrogens is 168 g/mol. The summed E-state index contributed by atoms with van der Waals surface area (Å²) in [6, 6.07) is 0.252. The molecule has 2 aliphatic rings. The summed E-state index contributed by atoms with van der Waals surface area (Å²) >= 11 is 0. The Kier molecular flexibility index (Phi) is 2.51. The van der Waals surface area contributed by atoms with Crippen LogP contribution < -0.4 is 5.32 Å². The average molecular weight is 184 g/mol. The zero-order chi connectivity index (χ0) is 9.26. The SMILES string of the molecule is C[C@@H]1COCCN1C(=O)C1CNC1. The van der Waals surface area contributed by atoms with Gasteiger partial charge in [-0.15, -0.1) is 0 Å². The lowest BCUT2D eigenvalue weighted by Crippen LogP contribution is -2.56. The molecule has 4 heteroatoms. The second-order valence-corrected chi connectivity index (χ2v) is 3.81. The highest BCUT2D eigenvalue weighted by atomic mass is 16.5. The van der Waals surface area contributed by atoms with Crippen LogP contribution >= 0.6 is 0 Å². The van der Waals surface area contributed by atoms with E-state index >= 15 is 0 Å². The molecule has 0 aromatic rings. The lowest BCUT2D eigenvalue weighted by Gasteiger charge is -2.38. The predicted molar refractivity (Wildman–Crippen MR) is 48.4 cm³/mol. The molecule has 13 heavy (non-hydrogen) atoms. The van der Waals surface area contributed by atoms with Crippen molar-refractivity contribution in [1.29, 1.82) is 0 Å². The molecule has 2 heterocycles. The number of rotatable bonds is 1. The molecule has 4 nitrogen and oxygen atoms in total. The van der Waals surface area contributed by atoms with Crippen LogP contribution in [0, 0.1) is 5.92 Å². The number of carbonyl (C=O) groups excluding carboxylic acids is 1. The fraction of sp³-hybridized carbons (Fsp3) is 0.889. The number of ether oxygens (including phenoxy) is 1. The first-order chi connectivity index (χ1) is 6.29. The van der Waals surface area contributed by atoms with E-state index in [1.165, 1.54) is 0 Å². The Morgan fingerprint density at radius 3 is 2.85 bits per heavy atom.